The van der Waals surface area contributed by atoms with Crippen molar-refractivity contribution in [2.24, 2.45) is 5.92 Å². The highest BCUT2D eigenvalue weighted by Crippen LogP contribution is 2.30. The highest BCUT2D eigenvalue weighted by atomic mass is 15.2. The largest absolute Gasteiger partial charge is 0.368 e. The second-order valence-electron chi connectivity index (χ2n) is 8.18. The van der Waals surface area contributed by atoms with Gasteiger partial charge in [0.1, 0.15) is 11.5 Å². The summed E-state index contributed by atoms with van der Waals surface area (Å²) >= 11 is 0. The zero-order valence-electron chi connectivity index (χ0n) is 17.0. The molecule has 1 saturated heterocycles. The van der Waals surface area contributed by atoms with E-state index in [9.17, 15) is 0 Å². The molecule has 3 N–H and O–H groups in total. The summed E-state index contributed by atoms with van der Waals surface area (Å²) in [6, 6.07) is 6.70. The quantitative estimate of drug-likeness (QED) is 0.628. The molecule has 8 nitrogen and oxygen atoms in total. The summed E-state index contributed by atoms with van der Waals surface area (Å²) in [4.78, 5) is 16.3. The van der Waals surface area contributed by atoms with Gasteiger partial charge in [-0.2, -0.15) is 4.98 Å². The molecule has 0 aliphatic carbocycles. The van der Waals surface area contributed by atoms with Crippen LogP contribution in [0, 0.1) is 5.92 Å². The molecule has 3 aromatic rings. The molecule has 0 bridgehead atoms. The number of hydrogen-bond acceptors (Lipinski definition) is 7. The number of anilines is 3. The Kier molecular flexibility index (Phi) is 4.81. The molecule has 0 spiro atoms. The summed E-state index contributed by atoms with van der Waals surface area (Å²) < 4.78 is 2.38. The van der Waals surface area contributed by atoms with Gasteiger partial charge in [0.05, 0.1) is 17.9 Å². The number of nitrogens with one attached hydrogen (secondary N) is 3. The Balaban J connectivity index is 1.40. The van der Waals surface area contributed by atoms with Crippen LogP contribution in [0.2, 0.25) is 0 Å². The van der Waals surface area contributed by atoms with Crippen LogP contribution in [0.1, 0.15) is 25.6 Å². The summed E-state index contributed by atoms with van der Waals surface area (Å²) in [5, 5.41) is 11.3. The summed E-state index contributed by atoms with van der Waals surface area (Å²) in [5.74, 6) is 1.88. The Morgan fingerprint density at radius 1 is 1.10 bits per heavy atom. The van der Waals surface area contributed by atoms with E-state index in [1.54, 1.807) is 0 Å². The number of aromatic nitrogens is 4. The van der Waals surface area contributed by atoms with Crippen LogP contribution in [-0.4, -0.2) is 52.2 Å². The predicted molar refractivity (Wildman–Crippen MR) is 116 cm³/mol. The average molecular weight is 393 g/mol. The van der Waals surface area contributed by atoms with Crippen LogP contribution < -0.4 is 20.9 Å². The Bertz CT molecular complexity index is 988. The molecule has 0 amide bonds. The van der Waals surface area contributed by atoms with Crippen molar-refractivity contribution in [1.82, 2.24) is 30.2 Å². The zero-order chi connectivity index (χ0) is 19.8. The van der Waals surface area contributed by atoms with E-state index in [1.807, 2.05) is 18.5 Å². The summed E-state index contributed by atoms with van der Waals surface area (Å²) in [7, 11) is 0. The van der Waals surface area contributed by atoms with Gasteiger partial charge in [0.2, 0.25) is 5.95 Å². The number of nitrogens with zero attached hydrogens (tertiary/aromatic N) is 5. The van der Waals surface area contributed by atoms with Crippen LogP contribution in [0.25, 0.3) is 11.0 Å². The maximum absolute atomic E-state index is 4.84. The molecule has 0 saturated carbocycles. The second-order valence-corrected chi connectivity index (χ2v) is 8.18. The van der Waals surface area contributed by atoms with E-state index < -0.39 is 0 Å². The first-order valence-electron chi connectivity index (χ1n) is 10.5. The third-order valence-corrected chi connectivity index (χ3v) is 5.89. The van der Waals surface area contributed by atoms with Crippen LogP contribution in [-0.2, 0) is 6.54 Å². The number of fused-ring (bicyclic) bond motifs is 3. The normalized spacial score (nSPS) is 19.6. The standard InChI is InChI=1S/C21H28N8/c1-14(2)18-13-23-11-17-9-15-10-25-21(27-20(15)29(17)18)26-19-4-3-16(12-24-19)28-7-5-22-6-8-28/h3-4,9-10,12,14,18,22-23H,5-8,11,13H2,1-2H3,(H,24,25,26,27)/t18-/m0/s1. The first-order valence-corrected chi connectivity index (χ1v) is 10.5. The number of rotatable bonds is 4. The molecule has 1 atom stereocenters. The monoisotopic (exact) mass is 392 g/mol. The van der Waals surface area contributed by atoms with Gasteiger partial charge in [-0.25, -0.2) is 9.97 Å². The minimum atomic E-state index is 0.399. The van der Waals surface area contributed by atoms with E-state index in [4.69, 9.17) is 4.98 Å². The molecule has 5 heterocycles. The third-order valence-electron chi connectivity index (χ3n) is 5.89. The zero-order valence-corrected chi connectivity index (χ0v) is 17.0. The molecule has 0 aromatic carbocycles. The van der Waals surface area contributed by atoms with E-state index in [0.717, 1.165) is 61.8 Å². The smallest absolute Gasteiger partial charge is 0.230 e. The third kappa shape index (κ3) is 3.54. The lowest BCUT2D eigenvalue weighted by molar-refractivity contribution is 0.325. The first kappa shape index (κ1) is 18.3. The fraction of sp³-hybridized carbons (Fsp3) is 0.476. The highest BCUT2D eigenvalue weighted by molar-refractivity contribution is 5.78. The van der Waals surface area contributed by atoms with Crippen molar-refractivity contribution < 1.29 is 0 Å². The van der Waals surface area contributed by atoms with Gasteiger partial charge < -0.3 is 25.4 Å². The predicted octanol–water partition coefficient (Wildman–Crippen LogP) is 2.28. The minimum absolute atomic E-state index is 0.399. The van der Waals surface area contributed by atoms with Crippen molar-refractivity contribution in [1.29, 1.82) is 0 Å². The van der Waals surface area contributed by atoms with Gasteiger partial charge in [0, 0.05) is 56.5 Å². The van der Waals surface area contributed by atoms with Crippen LogP contribution in [0.4, 0.5) is 17.5 Å². The van der Waals surface area contributed by atoms with Gasteiger partial charge in [-0.15, -0.1) is 0 Å². The molecule has 0 unspecified atom stereocenters. The first-order chi connectivity index (χ1) is 14.2. The van der Waals surface area contributed by atoms with Gasteiger partial charge in [0.25, 0.3) is 0 Å². The van der Waals surface area contributed by atoms with Gasteiger partial charge in [0.15, 0.2) is 0 Å². The Morgan fingerprint density at radius 2 is 1.97 bits per heavy atom. The molecule has 29 heavy (non-hydrogen) atoms. The van der Waals surface area contributed by atoms with E-state index in [0.29, 0.717) is 17.9 Å². The van der Waals surface area contributed by atoms with E-state index in [-0.39, 0.29) is 0 Å². The number of pyridine rings is 1. The van der Waals surface area contributed by atoms with Crippen molar-refractivity contribution in [3.8, 4) is 0 Å². The van der Waals surface area contributed by atoms with Crippen LogP contribution in [0.3, 0.4) is 0 Å². The molecule has 152 valence electrons. The summed E-state index contributed by atoms with van der Waals surface area (Å²) in [5.41, 5.74) is 3.42. The molecule has 3 aromatic heterocycles. The van der Waals surface area contributed by atoms with E-state index in [1.165, 1.54) is 5.69 Å². The number of hydrogen-bond donors (Lipinski definition) is 3. The molecule has 5 rings (SSSR count). The van der Waals surface area contributed by atoms with Crippen molar-refractivity contribution in [3.05, 3.63) is 36.3 Å². The second kappa shape index (κ2) is 7.61. The Morgan fingerprint density at radius 3 is 2.72 bits per heavy atom. The topological polar surface area (TPSA) is 82.9 Å². The molecular formula is C21H28N8. The molecule has 0 radical (unpaired) electrons. The van der Waals surface area contributed by atoms with Crippen molar-refractivity contribution in [3.63, 3.8) is 0 Å². The number of piperazine rings is 1. The Hall–Kier alpha value is -2.71. The molecule has 8 heteroatoms. The van der Waals surface area contributed by atoms with Crippen LogP contribution in [0.5, 0.6) is 0 Å². The van der Waals surface area contributed by atoms with Crippen molar-refractivity contribution in [2.45, 2.75) is 26.4 Å². The van der Waals surface area contributed by atoms with Gasteiger partial charge in [-0.3, -0.25) is 0 Å². The van der Waals surface area contributed by atoms with Crippen molar-refractivity contribution >= 4 is 28.5 Å². The lowest BCUT2D eigenvalue weighted by Crippen LogP contribution is -2.43. The lowest BCUT2D eigenvalue weighted by atomic mass is 10.0. The minimum Gasteiger partial charge on any atom is -0.368 e. The van der Waals surface area contributed by atoms with Gasteiger partial charge >= 0.3 is 0 Å². The molecule has 1 fully saturated rings. The summed E-state index contributed by atoms with van der Waals surface area (Å²) in [6.45, 7) is 10.4. The highest BCUT2D eigenvalue weighted by Gasteiger charge is 2.25. The van der Waals surface area contributed by atoms with Gasteiger partial charge in [-0.05, 0) is 24.1 Å². The maximum atomic E-state index is 4.84. The molecule has 2 aliphatic heterocycles. The van der Waals surface area contributed by atoms with Crippen LogP contribution in [0.15, 0.2) is 30.6 Å². The summed E-state index contributed by atoms with van der Waals surface area (Å²) in [6.07, 6.45) is 3.83. The van der Waals surface area contributed by atoms with Gasteiger partial charge in [-0.1, -0.05) is 13.8 Å². The van der Waals surface area contributed by atoms with E-state index >= 15 is 0 Å². The fourth-order valence-corrected chi connectivity index (χ4v) is 4.29. The average Bonchev–Trinajstić information content (AvgIpc) is 3.13. The van der Waals surface area contributed by atoms with E-state index in [2.05, 4.69) is 61.4 Å². The maximum Gasteiger partial charge on any atom is 0.230 e. The van der Waals surface area contributed by atoms with Crippen molar-refractivity contribution in [2.75, 3.05) is 42.9 Å². The SMILES string of the molecule is CC(C)[C@@H]1CNCc2cc3cnc(Nc4ccc(N5CCNCC5)cn4)nc3n21. The lowest BCUT2D eigenvalue weighted by Gasteiger charge is -2.30. The molecular weight excluding hydrogens is 364 g/mol. The van der Waals surface area contributed by atoms with Crippen LogP contribution >= 0.6 is 0 Å². The molecule has 2 aliphatic rings. The Labute approximate surface area is 170 Å². The fourth-order valence-electron chi connectivity index (χ4n) is 4.29.